The van der Waals surface area contributed by atoms with E-state index in [-0.39, 0.29) is 12.4 Å². The fourth-order valence-corrected chi connectivity index (χ4v) is 3.65. The van der Waals surface area contributed by atoms with Crippen LogP contribution in [0.25, 0.3) is 10.9 Å². The van der Waals surface area contributed by atoms with Gasteiger partial charge in [0, 0.05) is 28.6 Å². The van der Waals surface area contributed by atoms with Crippen molar-refractivity contribution in [1.82, 2.24) is 9.88 Å². The molecule has 1 atom stereocenters. The third kappa shape index (κ3) is 3.80. The van der Waals surface area contributed by atoms with Crippen LogP contribution in [0.3, 0.4) is 0 Å². The van der Waals surface area contributed by atoms with E-state index in [1.54, 1.807) is 0 Å². The molecule has 0 saturated carbocycles. The molecular formula is C17H23BrClN3. The van der Waals surface area contributed by atoms with Crippen molar-refractivity contribution in [3.8, 4) is 0 Å². The summed E-state index contributed by atoms with van der Waals surface area (Å²) in [6.07, 6.45) is 4.29. The van der Waals surface area contributed by atoms with Gasteiger partial charge in [0.15, 0.2) is 0 Å². The number of hydrogen-bond acceptors (Lipinski definition) is 3. The molecule has 0 radical (unpaired) electrons. The number of halogens is 2. The van der Waals surface area contributed by atoms with Gasteiger partial charge in [-0.1, -0.05) is 28.1 Å². The predicted octanol–water partition coefficient (Wildman–Crippen LogP) is 3.98. The number of nitrogens with two attached hydrogens (primary N) is 1. The molecule has 3 nitrogen and oxygen atoms in total. The zero-order valence-electron chi connectivity index (χ0n) is 12.8. The summed E-state index contributed by atoms with van der Waals surface area (Å²) in [6, 6.07) is 8.76. The van der Waals surface area contributed by atoms with Crippen molar-refractivity contribution >= 4 is 39.2 Å². The zero-order valence-corrected chi connectivity index (χ0v) is 15.2. The summed E-state index contributed by atoms with van der Waals surface area (Å²) in [5.41, 5.74) is 8.45. The molecule has 1 aromatic heterocycles. The topological polar surface area (TPSA) is 42.1 Å². The molecule has 2 aromatic rings. The van der Waals surface area contributed by atoms with E-state index < -0.39 is 0 Å². The Hall–Kier alpha value is -0.680. The maximum absolute atomic E-state index is 6.02. The lowest BCUT2D eigenvalue weighted by atomic mass is 9.91. The molecular weight excluding hydrogens is 362 g/mol. The Bertz CT molecular complexity index is 624. The molecule has 0 amide bonds. The second-order valence-electron chi connectivity index (χ2n) is 6.08. The quantitative estimate of drug-likeness (QED) is 0.870. The van der Waals surface area contributed by atoms with Crippen LogP contribution in [0.1, 0.15) is 25.3 Å². The van der Waals surface area contributed by atoms with E-state index >= 15 is 0 Å². The van der Waals surface area contributed by atoms with Gasteiger partial charge in [-0.2, -0.15) is 0 Å². The second-order valence-corrected chi connectivity index (χ2v) is 6.93. The van der Waals surface area contributed by atoms with Gasteiger partial charge in [-0.3, -0.25) is 9.88 Å². The van der Waals surface area contributed by atoms with Crippen LogP contribution in [0.15, 0.2) is 34.9 Å². The van der Waals surface area contributed by atoms with Crippen molar-refractivity contribution in [2.75, 3.05) is 13.1 Å². The van der Waals surface area contributed by atoms with E-state index in [4.69, 9.17) is 5.73 Å². The minimum Gasteiger partial charge on any atom is -0.328 e. The van der Waals surface area contributed by atoms with E-state index in [0.717, 1.165) is 29.6 Å². The number of hydrogen-bond donors (Lipinski definition) is 1. The van der Waals surface area contributed by atoms with Crippen LogP contribution < -0.4 is 5.73 Å². The Kier molecular flexibility index (Phi) is 6.21. The van der Waals surface area contributed by atoms with Crippen LogP contribution in [0.2, 0.25) is 0 Å². The lowest BCUT2D eigenvalue weighted by Crippen LogP contribution is -2.39. The lowest BCUT2D eigenvalue weighted by molar-refractivity contribution is 0.166. The first-order valence-corrected chi connectivity index (χ1v) is 8.44. The number of piperidine rings is 1. The van der Waals surface area contributed by atoms with Gasteiger partial charge in [0.05, 0.1) is 5.52 Å². The first kappa shape index (κ1) is 17.7. The molecule has 1 aliphatic heterocycles. The zero-order chi connectivity index (χ0) is 14.8. The first-order valence-electron chi connectivity index (χ1n) is 7.65. The van der Waals surface area contributed by atoms with Crippen molar-refractivity contribution in [2.45, 2.75) is 32.4 Å². The molecule has 2 heterocycles. The van der Waals surface area contributed by atoms with Crippen molar-refractivity contribution < 1.29 is 0 Å². The summed E-state index contributed by atoms with van der Waals surface area (Å²) in [7, 11) is 0. The van der Waals surface area contributed by atoms with Gasteiger partial charge < -0.3 is 5.73 Å². The number of rotatable bonds is 3. The van der Waals surface area contributed by atoms with E-state index in [1.807, 2.05) is 12.3 Å². The van der Waals surface area contributed by atoms with E-state index in [9.17, 15) is 0 Å². The number of nitrogens with zero attached hydrogens (tertiary/aromatic N) is 2. The summed E-state index contributed by atoms with van der Waals surface area (Å²) in [4.78, 5) is 7.10. The lowest BCUT2D eigenvalue weighted by Gasteiger charge is -2.33. The highest BCUT2D eigenvalue weighted by Crippen LogP contribution is 2.27. The first-order chi connectivity index (χ1) is 10.1. The van der Waals surface area contributed by atoms with Gasteiger partial charge in [-0.25, -0.2) is 0 Å². The SMILES string of the molecule is CC(N)C1CCN(Cc2ccc(Br)c3cccnc23)CC1.Cl. The fraction of sp³-hybridized carbons (Fsp3) is 0.471. The van der Waals surface area contributed by atoms with Gasteiger partial charge in [0.2, 0.25) is 0 Å². The minimum atomic E-state index is 0. The molecule has 2 N–H and O–H groups in total. The summed E-state index contributed by atoms with van der Waals surface area (Å²) in [5, 5.41) is 1.19. The highest BCUT2D eigenvalue weighted by atomic mass is 79.9. The largest absolute Gasteiger partial charge is 0.328 e. The molecule has 5 heteroatoms. The van der Waals surface area contributed by atoms with Gasteiger partial charge >= 0.3 is 0 Å². The maximum Gasteiger partial charge on any atom is 0.0758 e. The average Bonchev–Trinajstić information content (AvgIpc) is 2.51. The van der Waals surface area contributed by atoms with E-state index in [0.29, 0.717) is 12.0 Å². The minimum absolute atomic E-state index is 0. The fourth-order valence-electron chi connectivity index (χ4n) is 3.20. The van der Waals surface area contributed by atoms with Crippen molar-refractivity contribution in [3.05, 3.63) is 40.5 Å². The highest BCUT2D eigenvalue weighted by molar-refractivity contribution is 9.10. The number of pyridine rings is 1. The average molecular weight is 385 g/mol. The molecule has 1 fully saturated rings. The van der Waals surface area contributed by atoms with Crippen LogP contribution >= 0.6 is 28.3 Å². The number of benzene rings is 1. The summed E-state index contributed by atoms with van der Waals surface area (Å²) >= 11 is 3.61. The van der Waals surface area contributed by atoms with Gasteiger partial charge in [0.1, 0.15) is 0 Å². The molecule has 0 aliphatic carbocycles. The van der Waals surface area contributed by atoms with Crippen molar-refractivity contribution in [1.29, 1.82) is 0 Å². The summed E-state index contributed by atoms with van der Waals surface area (Å²) < 4.78 is 1.12. The molecule has 3 rings (SSSR count). The Labute approximate surface area is 146 Å². The van der Waals surface area contributed by atoms with Gasteiger partial charge in [-0.15, -0.1) is 12.4 Å². The molecule has 22 heavy (non-hydrogen) atoms. The summed E-state index contributed by atoms with van der Waals surface area (Å²) in [5.74, 6) is 0.682. The standard InChI is InChI=1S/C17H22BrN3.ClH/c1-12(19)13-6-9-21(10-7-13)11-14-4-5-16(18)15-3-2-8-20-17(14)15;/h2-5,8,12-13H,6-7,9-11,19H2,1H3;1H. The molecule has 120 valence electrons. The molecule has 0 bridgehead atoms. The Morgan fingerprint density at radius 2 is 2.05 bits per heavy atom. The Balaban J connectivity index is 0.00000176. The summed E-state index contributed by atoms with van der Waals surface area (Å²) in [6.45, 7) is 5.38. The van der Waals surface area contributed by atoms with Crippen LogP contribution in [0.4, 0.5) is 0 Å². The smallest absolute Gasteiger partial charge is 0.0758 e. The normalized spacial score (nSPS) is 18.1. The number of fused-ring (bicyclic) bond motifs is 1. The molecule has 1 unspecified atom stereocenters. The Morgan fingerprint density at radius 1 is 1.32 bits per heavy atom. The molecule has 1 aromatic carbocycles. The Morgan fingerprint density at radius 3 is 2.73 bits per heavy atom. The maximum atomic E-state index is 6.02. The molecule has 1 aliphatic rings. The van der Waals surface area contributed by atoms with Crippen LogP contribution in [-0.2, 0) is 6.54 Å². The third-order valence-electron chi connectivity index (χ3n) is 4.57. The van der Waals surface area contributed by atoms with Crippen molar-refractivity contribution in [2.24, 2.45) is 11.7 Å². The third-order valence-corrected chi connectivity index (χ3v) is 5.26. The van der Waals surface area contributed by atoms with E-state index in [1.165, 1.54) is 23.8 Å². The number of aromatic nitrogens is 1. The van der Waals surface area contributed by atoms with Crippen LogP contribution in [0.5, 0.6) is 0 Å². The number of likely N-dealkylation sites (tertiary alicyclic amines) is 1. The predicted molar refractivity (Wildman–Crippen MR) is 98.3 cm³/mol. The molecule has 0 spiro atoms. The molecule has 1 saturated heterocycles. The van der Waals surface area contributed by atoms with Crippen LogP contribution in [0, 0.1) is 5.92 Å². The van der Waals surface area contributed by atoms with Crippen LogP contribution in [-0.4, -0.2) is 29.0 Å². The van der Waals surface area contributed by atoms with Crippen molar-refractivity contribution in [3.63, 3.8) is 0 Å². The van der Waals surface area contributed by atoms with Gasteiger partial charge in [-0.05, 0) is 56.5 Å². The van der Waals surface area contributed by atoms with Gasteiger partial charge in [0.25, 0.3) is 0 Å². The highest BCUT2D eigenvalue weighted by Gasteiger charge is 2.22. The second kappa shape index (κ2) is 7.73. The monoisotopic (exact) mass is 383 g/mol. The van der Waals surface area contributed by atoms with E-state index in [2.05, 4.69) is 50.9 Å².